The summed E-state index contributed by atoms with van der Waals surface area (Å²) in [6.45, 7) is 4.35. The van der Waals surface area contributed by atoms with Gasteiger partial charge in [-0.2, -0.15) is 0 Å². The molecule has 132 valence electrons. The van der Waals surface area contributed by atoms with Gasteiger partial charge in [0.2, 0.25) is 0 Å². The molecule has 1 aromatic carbocycles. The molecular weight excluding hydrogens is 344 g/mol. The number of aromatic nitrogens is 1. The molecule has 2 aromatic rings. The predicted molar refractivity (Wildman–Crippen MR) is 92.5 cm³/mol. The van der Waals surface area contributed by atoms with Gasteiger partial charge in [0.1, 0.15) is 11.6 Å². The van der Waals surface area contributed by atoms with E-state index in [0.717, 1.165) is 43.3 Å². The first kappa shape index (κ1) is 16.6. The first-order valence-electron chi connectivity index (χ1n) is 8.49. The number of thiazole rings is 1. The van der Waals surface area contributed by atoms with Crippen molar-refractivity contribution < 1.29 is 13.6 Å². The van der Waals surface area contributed by atoms with E-state index < -0.39 is 11.6 Å². The molecule has 1 amide bonds. The van der Waals surface area contributed by atoms with Crippen molar-refractivity contribution >= 4 is 17.2 Å². The fourth-order valence-electron chi connectivity index (χ4n) is 3.95. The Morgan fingerprint density at radius 2 is 2.08 bits per heavy atom. The molecule has 3 fully saturated rings. The van der Waals surface area contributed by atoms with E-state index in [2.05, 4.69) is 22.1 Å². The van der Waals surface area contributed by atoms with E-state index in [4.69, 9.17) is 0 Å². The quantitative estimate of drug-likeness (QED) is 0.910. The Hall–Kier alpha value is -1.86. The minimum Gasteiger partial charge on any atom is -0.345 e. The Morgan fingerprint density at radius 1 is 1.32 bits per heavy atom. The second kappa shape index (κ2) is 6.46. The Bertz CT molecular complexity index is 799. The van der Waals surface area contributed by atoms with Gasteiger partial charge in [0.25, 0.3) is 5.91 Å². The average molecular weight is 363 g/mol. The summed E-state index contributed by atoms with van der Waals surface area (Å²) in [6.07, 6.45) is 3.69. The number of hydrogen-bond acceptors (Lipinski definition) is 4. The summed E-state index contributed by atoms with van der Waals surface area (Å²) in [7, 11) is 0. The molecule has 0 aliphatic carbocycles. The highest BCUT2D eigenvalue weighted by Gasteiger charge is 2.40. The summed E-state index contributed by atoms with van der Waals surface area (Å²) in [5.74, 6) is -0.982. The fraction of sp³-hybridized carbons (Fsp3) is 0.444. The number of fused-ring (bicyclic) bond motifs is 3. The summed E-state index contributed by atoms with van der Waals surface area (Å²) in [5, 5.41) is 3.43. The Labute approximate surface area is 148 Å². The van der Waals surface area contributed by atoms with Gasteiger partial charge in [-0.15, -0.1) is 11.3 Å². The van der Waals surface area contributed by atoms with Crippen LogP contribution in [0.2, 0.25) is 0 Å². The highest BCUT2D eigenvalue weighted by Crippen LogP contribution is 2.33. The van der Waals surface area contributed by atoms with Crippen LogP contribution in [0.1, 0.15) is 29.6 Å². The van der Waals surface area contributed by atoms with E-state index in [1.54, 1.807) is 0 Å². The van der Waals surface area contributed by atoms with Gasteiger partial charge in [-0.25, -0.2) is 13.8 Å². The highest BCUT2D eigenvalue weighted by molar-refractivity contribution is 7.17. The van der Waals surface area contributed by atoms with Gasteiger partial charge in [-0.3, -0.25) is 9.69 Å². The number of benzene rings is 1. The smallest absolute Gasteiger partial charge is 0.280 e. The summed E-state index contributed by atoms with van der Waals surface area (Å²) >= 11 is 1.12. The molecule has 3 saturated heterocycles. The van der Waals surface area contributed by atoms with Gasteiger partial charge in [-0.05, 0) is 50.9 Å². The van der Waals surface area contributed by atoms with Crippen LogP contribution < -0.4 is 5.32 Å². The molecule has 0 radical (unpaired) electrons. The molecule has 5 rings (SSSR count). The van der Waals surface area contributed by atoms with E-state index in [1.807, 2.05) is 0 Å². The number of nitrogens with one attached hydrogen (secondary N) is 1. The Morgan fingerprint density at radius 3 is 2.76 bits per heavy atom. The SMILES string of the molecule is CC1C(NC(=O)c2ncc(-c3ccc(F)cc3F)s2)C2CCN1CC2. The van der Waals surface area contributed by atoms with Gasteiger partial charge in [0.15, 0.2) is 5.01 Å². The van der Waals surface area contributed by atoms with E-state index in [1.165, 1.54) is 18.3 Å². The predicted octanol–water partition coefficient (Wildman–Crippen LogP) is 3.30. The highest BCUT2D eigenvalue weighted by atomic mass is 32.1. The molecule has 2 atom stereocenters. The molecule has 1 N–H and O–H groups in total. The molecule has 4 nitrogen and oxygen atoms in total. The minimum absolute atomic E-state index is 0.130. The third-order valence-corrected chi connectivity index (χ3v) is 6.40. The van der Waals surface area contributed by atoms with Gasteiger partial charge < -0.3 is 5.32 Å². The summed E-state index contributed by atoms with van der Waals surface area (Å²) < 4.78 is 27.0. The molecule has 3 aliphatic heterocycles. The van der Waals surface area contributed by atoms with Crippen molar-refractivity contribution in [1.29, 1.82) is 0 Å². The molecule has 1 aromatic heterocycles. The van der Waals surface area contributed by atoms with E-state index >= 15 is 0 Å². The van der Waals surface area contributed by atoms with Crippen LogP contribution in [0.3, 0.4) is 0 Å². The maximum absolute atomic E-state index is 13.9. The molecule has 2 bridgehead atoms. The number of nitrogens with zero attached hydrogens (tertiary/aromatic N) is 2. The monoisotopic (exact) mass is 363 g/mol. The third-order valence-electron chi connectivity index (χ3n) is 5.37. The number of amides is 1. The molecule has 0 spiro atoms. The van der Waals surface area contributed by atoms with Crippen LogP contribution in [0.25, 0.3) is 10.4 Å². The van der Waals surface area contributed by atoms with Crippen LogP contribution in [0.4, 0.5) is 8.78 Å². The zero-order valence-electron chi connectivity index (χ0n) is 13.8. The zero-order valence-corrected chi connectivity index (χ0v) is 14.7. The van der Waals surface area contributed by atoms with Crippen molar-refractivity contribution in [1.82, 2.24) is 15.2 Å². The average Bonchev–Trinajstić information content (AvgIpc) is 3.08. The van der Waals surface area contributed by atoms with Gasteiger partial charge in [-0.1, -0.05) is 0 Å². The second-order valence-corrected chi connectivity index (χ2v) is 7.80. The minimum atomic E-state index is -0.651. The summed E-state index contributed by atoms with van der Waals surface area (Å²) in [6, 6.07) is 3.86. The number of rotatable bonds is 3. The number of carbonyl (C=O) groups excluding carboxylic acids is 1. The topological polar surface area (TPSA) is 45.2 Å². The lowest BCUT2D eigenvalue weighted by atomic mass is 9.79. The first-order valence-corrected chi connectivity index (χ1v) is 9.31. The number of hydrogen-bond donors (Lipinski definition) is 1. The van der Waals surface area contributed by atoms with Crippen LogP contribution in [0, 0.1) is 17.6 Å². The van der Waals surface area contributed by atoms with Crippen molar-refractivity contribution in [3.05, 3.63) is 41.0 Å². The van der Waals surface area contributed by atoms with E-state index in [-0.39, 0.29) is 17.5 Å². The van der Waals surface area contributed by atoms with Gasteiger partial charge in [0.05, 0.1) is 4.88 Å². The summed E-state index contributed by atoms with van der Waals surface area (Å²) in [5.41, 5.74) is 0.258. The lowest BCUT2D eigenvalue weighted by Gasteiger charge is -2.49. The second-order valence-electron chi connectivity index (χ2n) is 6.77. The Kier molecular flexibility index (Phi) is 4.29. The Balaban J connectivity index is 1.51. The maximum atomic E-state index is 13.9. The van der Waals surface area contributed by atoms with Crippen LogP contribution in [0.15, 0.2) is 24.4 Å². The number of halogens is 2. The maximum Gasteiger partial charge on any atom is 0.280 e. The van der Waals surface area contributed by atoms with Crippen molar-refractivity contribution in [2.45, 2.75) is 31.8 Å². The normalized spacial score (nSPS) is 28.1. The van der Waals surface area contributed by atoms with E-state index in [0.29, 0.717) is 21.8 Å². The van der Waals surface area contributed by atoms with Crippen LogP contribution in [-0.2, 0) is 0 Å². The lowest BCUT2D eigenvalue weighted by molar-refractivity contribution is 0.0217. The summed E-state index contributed by atoms with van der Waals surface area (Å²) in [4.78, 5) is 19.7. The van der Waals surface area contributed by atoms with Crippen LogP contribution >= 0.6 is 11.3 Å². The van der Waals surface area contributed by atoms with Crippen molar-refractivity contribution in [3.63, 3.8) is 0 Å². The molecule has 25 heavy (non-hydrogen) atoms. The zero-order chi connectivity index (χ0) is 17.6. The molecule has 0 saturated carbocycles. The van der Waals surface area contributed by atoms with Crippen LogP contribution in [0.5, 0.6) is 0 Å². The molecule has 2 unspecified atom stereocenters. The standard InChI is InChI=1S/C18H19F2N3OS/c1-10-16(11-4-6-23(10)7-5-11)22-17(24)18-21-9-15(25-18)13-3-2-12(19)8-14(13)20/h2-3,8-11,16H,4-7H2,1H3,(H,22,24). The molecule has 7 heteroatoms. The molecule has 3 aliphatic rings. The van der Waals surface area contributed by atoms with Crippen LogP contribution in [-0.4, -0.2) is 41.0 Å². The van der Waals surface area contributed by atoms with Crippen molar-refractivity contribution in [3.8, 4) is 10.4 Å². The van der Waals surface area contributed by atoms with Gasteiger partial charge in [0, 0.05) is 29.9 Å². The molecular formula is C18H19F2N3OS. The van der Waals surface area contributed by atoms with Crippen molar-refractivity contribution in [2.75, 3.05) is 13.1 Å². The number of carbonyl (C=O) groups is 1. The molecule has 4 heterocycles. The van der Waals surface area contributed by atoms with Crippen molar-refractivity contribution in [2.24, 2.45) is 5.92 Å². The fourth-order valence-corrected chi connectivity index (χ4v) is 4.80. The number of piperidine rings is 3. The largest absolute Gasteiger partial charge is 0.345 e. The lowest BCUT2D eigenvalue weighted by Crippen LogP contribution is -2.62. The third kappa shape index (κ3) is 3.06. The van der Waals surface area contributed by atoms with E-state index in [9.17, 15) is 13.6 Å². The van der Waals surface area contributed by atoms with Gasteiger partial charge >= 0.3 is 0 Å². The first-order chi connectivity index (χ1) is 12.0.